The number of hydrogen-bond donors (Lipinski definition) is 1. The molecule has 0 saturated carbocycles. The number of amides is 1. The van der Waals surface area contributed by atoms with E-state index in [2.05, 4.69) is 15.4 Å². The molecule has 0 aliphatic heterocycles. The van der Waals surface area contributed by atoms with E-state index in [0.717, 1.165) is 16.5 Å². The molecule has 0 bridgehead atoms. The summed E-state index contributed by atoms with van der Waals surface area (Å²) in [5, 5.41) is 10.7. The van der Waals surface area contributed by atoms with Crippen LogP contribution in [-0.2, 0) is 11.3 Å². The van der Waals surface area contributed by atoms with Crippen LogP contribution < -0.4 is 15.6 Å². The van der Waals surface area contributed by atoms with E-state index in [0.29, 0.717) is 27.7 Å². The molecule has 4 aromatic rings. The Bertz CT molecular complexity index is 1310. The number of fused-ring (bicyclic) bond motifs is 1. The van der Waals surface area contributed by atoms with Crippen LogP contribution in [0.1, 0.15) is 11.3 Å². The van der Waals surface area contributed by atoms with E-state index in [4.69, 9.17) is 4.74 Å². The van der Waals surface area contributed by atoms with E-state index in [1.807, 2.05) is 49.6 Å². The highest BCUT2D eigenvalue weighted by molar-refractivity contribution is 7.14. The number of anilines is 1. The number of aryl methyl sites for hydroxylation is 2. The lowest BCUT2D eigenvalue weighted by Crippen LogP contribution is -2.30. The van der Waals surface area contributed by atoms with Gasteiger partial charge in [0, 0.05) is 16.3 Å². The maximum absolute atomic E-state index is 12.7. The number of benzene rings is 2. The van der Waals surface area contributed by atoms with Crippen LogP contribution in [0.5, 0.6) is 5.75 Å². The van der Waals surface area contributed by atoms with Gasteiger partial charge < -0.3 is 10.1 Å². The Labute approximate surface area is 177 Å². The van der Waals surface area contributed by atoms with Gasteiger partial charge in [-0.25, -0.2) is 9.67 Å². The maximum Gasteiger partial charge on any atom is 0.275 e. The van der Waals surface area contributed by atoms with Gasteiger partial charge in [-0.2, -0.15) is 5.10 Å². The number of nitrogens with zero attached hydrogens (tertiary/aromatic N) is 3. The summed E-state index contributed by atoms with van der Waals surface area (Å²) in [4.78, 5) is 29.7. The molecule has 2 aromatic heterocycles. The number of carbonyl (C=O) groups excluding carboxylic acids is 1. The van der Waals surface area contributed by atoms with E-state index in [1.165, 1.54) is 16.0 Å². The predicted molar refractivity (Wildman–Crippen MR) is 118 cm³/mol. The quantitative estimate of drug-likeness (QED) is 0.531. The lowest BCUT2D eigenvalue weighted by Gasteiger charge is -2.08. The van der Waals surface area contributed by atoms with Crippen LogP contribution in [0.25, 0.3) is 22.0 Å². The Kier molecular flexibility index (Phi) is 5.33. The zero-order valence-corrected chi connectivity index (χ0v) is 17.6. The molecule has 0 aliphatic carbocycles. The van der Waals surface area contributed by atoms with E-state index in [-0.39, 0.29) is 18.0 Å². The lowest BCUT2D eigenvalue weighted by atomic mass is 10.1. The molecular weight excluding hydrogens is 400 g/mol. The van der Waals surface area contributed by atoms with Crippen LogP contribution in [0.15, 0.2) is 52.6 Å². The van der Waals surface area contributed by atoms with E-state index in [9.17, 15) is 9.59 Å². The van der Waals surface area contributed by atoms with Crippen LogP contribution in [0.3, 0.4) is 0 Å². The van der Waals surface area contributed by atoms with Crippen molar-refractivity contribution < 1.29 is 9.53 Å². The van der Waals surface area contributed by atoms with Gasteiger partial charge in [0.05, 0.1) is 23.9 Å². The number of methoxy groups -OCH3 is 1. The Morgan fingerprint density at radius 1 is 1.17 bits per heavy atom. The van der Waals surface area contributed by atoms with Crippen molar-refractivity contribution in [1.82, 2.24) is 14.8 Å². The molecule has 4 rings (SSSR count). The van der Waals surface area contributed by atoms with Crippen molar-refractivity contribution in [2.45, 2.75) is 20.4 Å². The lowest BCUT2D eigenvalue weighted by molar-refractivity contribution is -0.117. The van der Waals surface area contributed by atoms with Crippen LogP contribution in [-0.4, -0.2) is 27.8 Å². The zero-order valence-electron chi connectivity index (χ0n) is 16.8. The highest BCUT2D eigenvalue weighted by Crippen LogP contribution is 2.32. The van der Waals surface area contributed by atoms with E-state index < -0.39 is 0 Å². The van der Waals surface area contributed by atoms with Gasteiger partial charge in [0.1, 0.15) is 12.3 Å². The molecule has 0 aliphatic rings. The Morgan fingerprint density at radius 2 is 1.93 bits per heavy atom. The first-order valence-corrected chi connectivity index (χ1v) is 10.2. The number of nitrogens with one attached hydrogen (secondary N) is 1. The smallest absolute Gasteiger partial charge is 0.275 e. The van der Waals surface area contributed by atoms with Crippen LogP contribution >= 0.6 is 11.3 Å². The van der Waals surface area contributed by atoms with Crippen LogP contribution in [0.4, 0.5) is 5.13 Å². The first-order chi connectivity index (χ1) is 14.5. The normalized spacial score (nSPS) is 10.9. The summed E-state index contributed by atoms with van der Waals surface area (Å²) in [6, 6.07) is 13.1. The molecule has 30 heavy (non-hydrogen) atoms. The van der Waals surface area contributed by atoms with Crippen molar-refractivity contribution >= 4 is 33.1 Å². The van der Waals surface area contributed by atoms with Gasteiger partial charge in [0.15, 0.2) is 5.13 Å². The molecule has 2 heterocycles. The molecule has 0 spiro atoms. The Morgan fingerprint density at radius 3 is 2.70 bits per heavy atom. The highest BCUT2D eigenvalue weighted by Gasteiger charge is 2.14. The third kappa shape index (κ3) is 3.81. The van der Waals surface area contributed by atoms with Crippen LogP contribution in [0.2, 0.25) is 0 Å². The average Bonchev–Trinajstić information content (AvgIpc) is 3.20. The SMILES string of the molecule is COc1ccc(C)cc1-c1csc(NC(=O)Cn2nc(C)c3ccccc3c2=O)n1. The molecule has 1 N–H and O–H groups in total. The molecular formula is C22H20N4O3S. The number of hydrogen-bond acceptors (Lipinski definition) is 6. The molecule has 0 saturated heterocycles. The molecule has 7 nitrogen and oxygen atoms in total. The number of ether oxygens (including phenoxy) is 1. The first kappa shape index (κ1) is 19.8. The van der Waals surface area contributed by atoms with Crippen LogP contribution in [0, 0.1) is 13.8 Å². The van der Waals surface area contributed by atoms with E-state index in [1.54, 1.807) is 19.2 Å². The number of aromatic nitrogens is 3. The number of rotatable bonds is 5. The molecule has 1 amide bonds. The van der Waals surface area contributed by atoms with Gasteiger partial charge in [0.25, 0.3) is 5.56 Å². The Hall–Kier alpha value is -3.52. The van der Waals surface area contributed by atoms with E-state index >= 15 is 0 Å². The third-order valence-corrected chi connectivity index (χ3v) is 5.48. The van der Waals surface area contributed by atoms with Gasteiger partial charge >= 0.3 is 0 Å². The second kappa shape index (κ2) is 8.08. The molecule has 0 fully saturated rings. The zero-order chi connectivity index (χ0) is 21.3. The fourth-order valence-corrected chi connectivity index (χ4v) is 4.01. The van der Waals surface area contributed by atoms with Crippen molar-refractivity contribution in [3.05, 3.63) is 69.5 Å². The standard InChI is InChI=1S/C22H20N4O3S/c1-13-8-9-19(29-3)17(10-13)18-12-30-22(23-18)24-20(27)11-26-21(28)16-7-5-4-6-15(16)14(2)25-26/h4-10,12H,11H2,1-3H3,(H,23,24,27). The predicted octanol–water partition coefficient (Wildman–Crippen LogP) is 3.78. The second-order valence-electron chi connectivity index (χ2n) is 6.88. The summed E-state index contributed by atoms with van der Waals surface area (Å²) in [6.07, 6.45) is 0. The second-order valence-corrected chi connectivity index (χ2v) is 7.74. The maximum atomic E-state index is 12.7. The molecule has 0 atom stereocenters. The highest BCUT2D eigenvalue weighted by atomic mass is 32.1. The fourth-order valence-electron chi connectivity index (χ4n) is 3.28. The Balaban J connectivity index is 1.55. The summed E-state index contributed by atoms with van der Waals surface area (Å²) >= 11 is 1.31. The van der Waals surface area contributed by atoms with Gasteiger partial charge in [-0.15, -0.1) is 11.3 Å². The minimum absolute atomic E-state index is 0.187. The molecule has 8 heteroatoms. The average molecular weight is 420 g/mol. The summed E-state index contributed by atoms with van der Waals surface area (Å²) in [7, 11) is 1.61. The fraction of sp³-hybridized carbons (Fsp3) is 0.182. The largest absolute Gasteiger partial charge is 0.496 e. The first-order valence-electron chi connectivity index (χ1n) is 9.33. The van der Waals surface area contributed by atoms with Gasteiger partial charge in [-0.1, -0.05) is 29.8 Å². The molecule has 0 radical (unpaired) electrons. The number of thiazole rings is 1. The number of carbonyl (C=O) groups is 1. The van der Waals surface area contributed by atoms with Gasteiger partial charge in [0.2, 0.25) is 5.91 Å². The van der Waals surface area contributed by atoms with Gasteiger partial charge in [-0.3, -0.25) is 9.59 Å². The summed E-state index contributed by atoms with van der Waals surface area (Å²) in [5.74, 6) is 0.350. The van der Waals surface area contributed by atoms with Gasteiger partial charge in [-0.05, 0) is 32.0 Å². The summed E-state index contributed by atoms with van der Waals surface area (Å²) < 4.78 is 6.60. The van der Waals surface area contributed by atoms with Crippen molar-refractivity contribution in [2.75, 3.05) is 12.4 Å². The molecule has 152 valence electrons. The third-order valence-electron chi connectivity index (χ3n) is 4.73. The molecule has 0 unspecified atom stereocenters. The molecule has 2 aromatic carbocycles. The van der Waals surface area contributed by atoms with Crippen molar-refractivity contribution in [3.63, 3.8) is 0 Å². The van der Waals surface area contributed by atoms with Crippen molar-refractivity contribution in [1.29, 1.82) is 0 Å². The minimum atomic E-state index is -0.364. The summed E-state index contributed by atoms with van der Waals surface area (Å²) in [5.41, 5.74) is 3.06. The summed E-state index contributed by atoms with van der Waals surface area (Å²) in [6.45, 7) is 3.62. The van der Waals surface area contributed by atoms with Crippen molar-refractivity contribution in [2.24, 2.45) is 0 Å². The monoisotopic (exact) mass is 420 g/mol. The topological polar surface area (TPSA) is 86.1 Å². The van der Waals surface area contributed by atoms with Crippen molar-refractivity contribution in [3.8, 4) is 17.0 Å². The minimum Gasteiger partial charge on any atom is -0.496 e.